The number of nitrogens with zero attached hydrogens (tertiary/aromatic N) is 3. The van der Waals surface area contributed by atoms with Crippen LogP contribution in [0.3, 0.4) is 0 Å². The van der Waals surface area contributed by atoms with Crippen LogP contribution in [0.25, 0.3) is 10.9 Å². The third-order valence-corrected chi connectivity index (χ3v) is 5.13. The van der Waals surface area contributed by atoms with Crippen LogP contribution in [0.2, 0.25) is 0 Å². The number of nitrogens with one attached hydrogen (secondary N) is 1. The van der Waals surface area contributed by atoms with E-state index in [1.54, 1.807) is 24.1 Å². The van der Waals surface area contributed by atoms with E-state index < -0.39 is 0 Å². The fourth-order valence-electron chi connectivity index (χ4n) is 3.34. The number of rotatable bonds is 9. The summed E-state index contributed by atoms with van der Waals surface area (Å²) in [6.45, 7) is 3.73. The summed E-state index contributed by atoms with van der Waals surface area (Å²) in [6, 6.07) is 13.2. The van der Waals surface area contributed by atoms with Gasteiger partial charge in [-0.05, 0) is 18.2 Å². The van der Waals surface area contributed by atoms with Crippen LogP contribution >= 0.6 is 0 Å². The molecule has 31 heavy (non-hydrogen) atoms. The van der Waals surface area contributed by atoms with Crippen molar-refractivity contribution in [3.05, 3.63) is 64.2 Å². The number of benzene rings is 2. The van der Waals surface area contributed by atoms with Crippen LogP contribution in [-0.2, 0) is 17.9 Å². The number of amides is 1. The van der Waals surface area contributed by atoms with E-state index in [0.717, 1.165) is 5.56 Å². The summed E-state index contributed by atoms with van der Waals surface area (Å²) in [7, 11) is 4.84. The summed E-state index contributed by atoms with van der Waals surface area (Å²) in [5, 5.41) is 0.420. The van der Waals surface area contributed by atoms with Gasteiger partial charge >= 0.3 is 0 Å². The van der Waals surface area contributed by atoms with Gasteiger partial charge in [-0.3, -0.25) is 14.5 Å². The van der Waals surface area contributed by atoms with Gasteiger partial charge in [-0.2, -0.15) is 0 Å². The first kappa shape index (κ1) is 22.3. The van der Waals surface area contributed by atoms with Crippen LogP contribution in [0, 0.1) is 0 Å². The standard InChI is InChI=1S/C23H28N4O4/c1-5-27(15-22(28)26(2)13-16-9-7-6-8-10-16)14-21-24-18-12-20(31-4)19(30-3)11-17(18)23(29)25-21/h6-12H,5,13-15H2,1-4H3,(H,24,25,29). The number of carbonyl (C=O) groups is 1. The van der Waals surface area contributed by atoms with Crippen molar-refractivity contribution >= 4 is 16.8 Å². The topological polar surface area (TPSA) is 87.8 Å². The molecule has 1 aromatic heterocycles. The second kappa shape index (κ2) is 10.1. The fourth-order valence-corrected chi connectivity index (χ4v) is 3.34. The third-order valence-electron chi connectivity index (χ3n) is 5.13. The number of likely N-dealkylation sites (N-methyl/N-ethyl adjacent to an activating group) is 2. The molecule has 8 nitrogen and oxygen atoms in total. The second-order valence-corrected chi connectivity index (χ2v) is 7.28. The van der Waals surface area contributed by atoms with E-state index >= 15 is 0 Å². The molecule has 164 valence electrons. The molecule has 0 unspecified atom stereocenters. The van der Waals surface area contributed by atoms with Crippen molar-refractivity contribution in [2.75, 3.05) is 34.4 Å². The quantitative estimate of drug-likeness (QED) is 0.568. The van der Waals surface area contributed by atoms with Gasteiger partial charge in [0.25, 0.3) is 5.56 Å². The second-order valence-electron chi connectivity index (χ2n) is 7.28. The van der Waals surface area contributed by atoms with E-state index in [2.05, 4.69) is 9.97 Å². The van der Waals surface area contributed by atoms with Crippen LogP contribution in [0.5, 0.6) is 11.5 Å². The van der Waals surface area contributed by atoms with Gasteiger partial charge in [-0.1, -0.05) is 37.3 Å². The molecule has 3 aromatic rings. The molecule has 0 fully saturated rings. The summed E-state index contributed by atoms with van der Waals surface area (Å²) in [5.41, 5.74) is 1.33. The molecule has 0 saturated heterocycles. The van der Waals surface area contributed by atoms with E-state index in [1.807, 2.05) is 42.2 Å². The molecule has 3 rings (SSSR count). The maximum atomic E-state index is 12.7. The summed E-state index contributed by atoms with van der Waals surface area (Å²) in [5.74, 6) is 1.46. The summed E-state index contributed by atoms with van der Waals surface area (Å²) in [4.78, 5) is 36.3. The highest BCUT2D eigenvalue weighted by molar-refractivity contribution is 5.82. The van der Waals surface area contributed by atoms with E-state index in [-0.39, 0.29) is 18.0 Å². The summed E-state index contributed by atoms with van der Waals surface area (Å²) >= 11 is 0. The zero-order chi connectivity index (χ0) is 22.4. The predicted octanol–water partition coefficient (Wildman–Crippen LogP) is 2.42. The van der Waals surface area contributed by atoms with Gasteiger partial charge in [0.15, 0.2) is 11.5 Å². The van der Waals surface area contributed by atoms with Crippen LogP contribution in [0.15, 0.2) is 47.3 Å². The first-order valence-corrected chi connectivity index (χ1v) is 10.1. The Morgan fingerprint density at radius 3 is 2.39 bits per heavy atom. The minimum Gasteiger partial charge on any atom is -0.493 e. The molecule has 0 radical (unpaired) electrons. The fraction of sp³-hybridized carbons (Fsp3) is 0.348. The Balaban J connectivity index is 1.74. The molecule has 1 N–H and O–H groups in total. The molecule has 0 saturated carbocycles. The number of aromatic amines is 1. The van der Waals surface area contributed by atoms with Gasteiger partial charge in [0.2, 0.25) is 5.91 Å². The Morgan fingerprint density at radius 2 is 1.74 bits per heavy atom. The van der Waals surface area contributed by atoms with E-state index in [4.69, 9.17) is 9.47 Å². The van der Waals surface area contributed by atoms with E-state index in [0.29, 0.717) is 47.9 Å². The smallest absolute Gasteiger partial charge is 0.258 e. The number of aromatic nitrogens is 2. The Morgan fingerprint density at radius 1 is 1.06 bits per heavy atom. The lowest BCUT2D eigenvalue weighted by Crippen LogP contribution is -2.38. The molecule has 0 aliphatic carbocycles. The number of hydrogen-bond acceptors (Lipinski definition) is 6. The molecule has 8 heteroatoms. The van der Waals surface area contributed by atoms with Crippen molar-refractivity contribution in [1.29, 1.82) is 0 Å². The Kier molecular flexibility index (Phi) is 7.25. The molecule has 0 aliphatic heterocycles. The summed E-state index contributed by atoms with van der Waals surface area (Å²) in [6.07, 6.45) is 0. The van der Waals surface area contributed by atoms with E-state index in [1.165, 1.54) is 14.2 Å². The monoisotopic (exact) mass is 424 g/mol. The van der Waals surface area contributed by atoms with Crippen molar-refractivity contribution < 1.29 is 14.3 Å². The Labute approximate surface area is 181 Å². The molecule has 1 amide bonds. The molecule has 1 heterocycles. The van der Waals surface area contributed by atoms with Crippen LogP contribution in [0.1, 0.15) is 18.3 Å². The lowest BCUT2D eigenvalue weighted by Gasteiger charge is -2.23. The maximum Gasteiger partial charge on any atom is 0.258 e. The first-order chi connectivity index (χ1) is 14.9. The first-order valence-electron chi connectivity index (χ1n) is 10.1. The highest BCUT2D eigenvalue weighted by atomic mass is 16.5. The molecule has 0 spiro atoms. The van der Waals surface area contributed by atoms with Crippen LogP contribution in [0.4, 0.5) is 0 Å². The number of methoxy groups -OCH3 is 2. The molecule has 0 atom stereocenters. The average molecular weight is 425 g/mol. The predicted molar refractivity (Wildman–Crippen MR) is 119 cm³/mol. The highest BCUT2D eigenvalue weighted by Crippen LogP contribution is 2.29. The van der Waals surface area contributed by atoms with Gasteiger partial charge < -0.3 is 19.4 Å². The highest BCUT2D eigenvalue weighted by Gasteiger charge is 2.16. The molecular formula is C23H28N4O4. The lowest BCUT2D eigenvalue weighted by molar-refractivity contribution is -0.131. The zero-order valence-electron chi connectivity index (χ0n) is 18.3. The van der Waals surface area contributed by atoms with Crippen molar-refractivity contribution in [2.45, 2.75) is 20.0 Å². The minimum atomic E-state index is -0.260. The largest absolute Gasteiger partial charge is 0.493 e. The number of carbonyl (C=O) groups excluding carboxylic acids is 1. The number of hydrogen-bond donors (Lipinski definition) is 1. The average Bonchev–Trinajstić information content (AvgIpc) is 2.78. The number of H-pyrrole nitrogens is 1. The van der Waals surface area contributed by atoms with Crippen molar-refractivity contribution in [3.8, 4) is 11.5 Å². The molecular weight excluding hydrogens is 396 g/mol. The van der Waals surface area contributed by atoms with Crippen LogP contribution < -0.4 is 15.0 Å². The minimum absolute atomic E-state index is 0.000227. The van der Waals surface area contributed by atoms with Gasteiger partial charge in [-0.15, -0.1) is 0 Å². The zero-order valence-corrected chi connectivity index (χ0v) is 18.3. The Bertz CT molecular complexity index is 1100. The van der Waals surface area contributed by atoms with Gasteiger partial charge in [0.05, 0.1) is 38.2 Å². The SMILES string of the molecule is CCN(CC(=O)N(C)Cc1ccccc1)Cc1nc2cc(OC)c(OC)cc2c(=O)[nH]1. The number of ether oxygens (including phenoxy) is 2. The summed E-state index contributed by atoms with van der Waals surface area (Å²) < 4.78 is 10.6. The molecule has 2 aromatic carbocycles. The third kappa shape index (κ3) is 5.40. The van der Waals surface area contributed by atoms with Gasteiger partial charge in [0, 0.05) is 19.7 Å². The van der Waals surface area contributed by atoms with Gasteiger partial charge in [0.1, 0.15) is 5.82 Å². The Hall–Kier alpha value is -3.39. The normalized spacial score (nSPS) is 11.0. The maximum absolute atomic E-state index is 12.7. The molecule has 0 aliphatic rings. The lowest BCUT2D eigenvalue weighted by atomic mass is 10.2. The number of fused-ring (bicyclic) bond motifs is 1. The van der Waals surface area contributed by atoms with Crippen molar-refractivity contribution in [3.63, 3.8) is 0 Å². The van der Waals surface area contributed by atoms with Crippen molar-refractivity contribution in [1.82, 2.24) is 19.8 Å². The molecule has 0 bridgehead atoms. The van der Waals surface area contributed by atoms with Gasteiger partial charge in [-0.25, -0.2) is 4.98 Å². The van der Waals surface area contributed by atoms with E-state index in [9.17, 15) is 9.59 Å². The van der Waals surface area contributed by atoms with Crippen molar-refractivity contribution in [2.24, 2.45) is 0 Å². The van der Waals surface area contributed by atoms with Crippen LogP contribution in [-0.4, -0.2) is 60.0 Å².